The zero-order valence-electron chi connectivity index (χ0n) is 4.07. The molecular weight excluding hydrogens is 140 g/mol. The van der Waals surface area contributed by atoms with Gasteiger partial charge in [-0.25, -0.2) is 4.41 Å². The van der Waals surface area contributed by atoms with E-state index in [9.17, 15) is 0 Å². The average molecular weight is 146 g/mol. The molecule has 0 bridgehead atoms. The Kier molecular flexibility index (Phi) is 1.75. The summed E-state index contributed by atoms with van der Waals surface area (Å²) < 4.78 is 1.54. The molecule has 0 unspecified atom stereocenters. The molecule has 0 aromatic carbocycles. The predicted molar refractivity (Wildman–Crippen MR) is 40.2 cm³/mol. The fraction of sp³-hybridized carbons (Fsp3) is 0. The Balaban J connectivity index is 2.58. The van der Waals surface area contributed by atoms with Gasteiger partial charge in [-0.1, -0.05) is 0 Å². The average Bonchev–Trinajstić information content (AvgIpc) is 1.77. The maximum Gasteiger partial charge on any atom is 0.0348 e. The van der Waals surface area contributed by atoms with Crippen LogP contribution in [0.1, 0.15) is 0 Å². The van der Waals surface area contributed by atoms with Crippen molar-refractivity contribution in [2.45, 2.75) is 0 Å². The molecule has 0 saturated heterocycles. The van der Waals surface area contributed by atoms with Crippen LogP contribution in [0, 0.1) is 0 Å². The van der Waals surface area contributed by atoms with Crippen LogP contribution in [0.15, 0.2) is 23.4 Å². The highest BCUT2D eigenvalue weighted by Gasteiger charge is 1.92. The lowest BCUT2D eigenvalue weighted by Crippen LogP contribution is -2.21. The Bertz CT molecular complexity index is 141. The molecule has 0 radical (unpaired) electrons. The number of thiol groups is 2. The Morgan fingerprint density at radius 2 is 2.38 bits per heavy atom. The highest BCUT2D eigenvalue weighted by Crippen LogP contribution is 2.06. The smallest absolute Gasteiger partial charge is 0.0348 e. The lowest BCUT2D eigenvalue weighted by Gasteiger charge is -2.14. The van der Waals surface area contributed by atoms with Gasteiger partial charge < -0.3 is 0 Å². The van der Waals surface area contributed by atoms with Crippen LogP contribution in [0.5, 0.6) is 0 Å². The van der Waals surface area contributed by atoms with Gasteiger partial charge in [0.15, 0.2) is 0 Å². The normalized spacial score (nSPS) is 17.8. The van der Waals surface area contributed by atoms with Crippen molar-refractivity contribution >= 4 is 25.4 Å². The minimum absolute atomic E-state index is 0.898. The standard InChI is InChI=1S/C4H6N2S2/c7-4-1-2-6(8)5-3-4/h1-3,5,7-8H. The molecular formula is C4H6N2S2. The highest BCUT2D eigenvalue weighted by atomic mass is 32.1. The first-order valence-electron chi connectivity index (χ1n) is 2.10. The first-order chi connectivity index (χ1) is 3.79. The third kappa shape index (κ3) is 1.38. The number of hydrogen-bond donors (Lipinski definition) is 3. The van der Waals surface area contributed by atoms with Crippen molar-refractivity contribution in [1.82, 2.24) is 9.84 Å². The van der Waals surface area contributed by atoms with E-state index in [1.165, 1.54) is 0 Å². The van der Waals surface area contributed by atoms with Gasteiger partial charge in [0, 0.05) is 17.3 Å². The molecule has 4 heteroatoms. The maximum absolute atomic E-state index is 4.05. The number of rotatable bonds is 0. The minimum atomic E-state index is 0.898. The maximum atomic E-state index is 4.05. The SMILES string of the molecule is SC1=CNN(S)C=C1. The van der Waals surface area contributed by atoms with Crippen molar-refractivity contribution in [3.63, 3.8) is 0 Å². The summed E-state index contributed by atoms with van der Waals surface area (Å²) in [4.78, 5) is 0.898. The van der Waals surface area contributed by atoms with Crippen LogP contribution >= 0.6 is 25.4 Å². The molecule has 2 nitrogen and oxygen atoms in total. The summed E-state index contributed by atoms with van der Waals surface area (Å²) in [5.74, 6) is 0. The summed E-state index contributed by atoms with van der Waals surface area (Å²) in [5.41, 5.74) is 2.80. The summed E-state index contributed by atoms with van der Waals surface area (Å²) in [6.07, 6.45) is 5.36. The van der Waals surface area contributed by atoms with Crippen LogP contribution in [-0.4, -0.2) is 4.41 Å². The highest BCUT2D eigenvalue weighted by molar-refractivity contribution is 7.84. The molecule has 0 spiro atoms. The second-order valence-corrected chi connectivity index (χ2v) is 2.31. The van der Waals surface area contributed by atoms with E-state index < -0.39 is 0 Å². The Labute approximate surface area is 59.2 Å². The monoisotopic (exact) mass is 146 g/mol. The molecule has 0 saturated carbocycles. The zero-order chi connectivity index (χ0) is 5.98. The van der Waals surface area contributed by atoms with E-state index in [0.29, 0.717) is 0 Å². The Morgan fingerprint density at radius 1 is 1.62 bits per heavy atom. The molecule has 1 rings (SSSR count). The molecule has 1 aliphatic rings. The zero-order valence-corrected chi connectivity index (χ0v) is 5.86. The molecule has 0 atom stereocenters. The fourth-order valence-electron chi connectivity index (χ4n) is 0.370. The van der Waals surface area contributed by atoms with Crippen LogP contribution < -0.4 is 5.43 Å². The first-order valence-corrected chi connectivity index (χ1v) is 2.95. The Hall–Kier alpha value is -0.220. The van der Waals surface area contributed by atoms with Crippen LogP contribution in [0.25, 0.3) is 0 Å². The van der Waals surface area contributed by atoms with Crippen molar-refractivity contribution < 1.29 is 0 Å². The third-order valence-electron chi connectivity index (χ3n) is 0.731. The number of hydrazine groups is 1. The largest absolute Gasteiger partial charge is 0.295 e. The molecule has 1 N–H and O–H groups in total. The Morgan fingerprint density at radius 3 is 2.75 bits per heavy atom. The first kappa shape index (κ1) is 5.91. The van der Waals surface area contributed by atoms with E-state index in [4.69, 9.17) is 0 Å². The van der Waals surface area contributed by atoms with Gasteiger partial charge in [0.25, 0.3) is 0 Å². The van der Waals surface area contributed by atoms with Gasteiger partial charge in [-0.15, -0.1) is 12.6 Å². The van der Waals surface area contributed by atoms with E-state index in [-0.39, 0.29) is 0 Å². The second kappa shape index (κ2) is 2.37. The quantitative estimate of drug-likeness (QED) is 0.441. The van der Waals surface area contributed by atoms with Crippen molar-refractivity contribution in [3.05, 3.63) is 23.4 Å². The van der Waals surface area contributed by atoms with Crippen molar-refractivity contribution in [1.29, 1.82) is 0 Å². The predicted octanol–water partition coefficient (Wildman–Crippen LogP) is 0.936. The van der Waals surface area contributed by atoms with E-state index in [0.717, 1.165) is 4.91 Å². The molecule has 44 valence electrons. The van der Waals surface area contributed by atoms with Crippen LogP contribution in [0.2, 0.25) is 0 Å². The number of nitrogens with one attached hydrogen (secondary N) is 1. The summed E-state index contributed by atoms with van der Waals surface area (Å²) >= 11 is 8.01. The van der Waals surface area contributed by atoms with Crippen LogP contribution in [-0.2, 0) is 0 Å². The number of hydrogen-bond acceptors (Lipinski definition) is 4. The molecule has 0 aromatic heterocycles. The van der Waals surface area contributed by atoms with Crippen molar-refractivity contribution in [2.24, 2.45) is 0 Å². The fourth-order valence-corrected chi connectivity index (χ4v) is 0.619. The van der Waals surface area contributed by atoms with Crippen molar-refractivity contribution in [2.75, 3.05) is 0 Å². The van der Waals surface area contributed by atoms with Gasteiger partial charge in [0.05, 0.1) is 0 Å². The summed E-state index contributed by atoms with van der Waals surface area (Å²) in [6.45, 7) is 0. The summed E-state index contributed by atoms with van der Waals surface area (Å²) in [6, 6.07) is 0. The summed E-state index contributed by atoms with van der Waals surface area (Å²) in [7, 11) is 0. The van der Waals surface area contributed by atoms with E-state index >= 15 is 0 Å². The molecule has 1 heterocycles. The molecule has 0 aromatic rings. The van der Waals surface area contributed by atoms with E-state index in [1.807, 2.05) is 6.08 Å². The molecule has 0 aliphatic carbocycles. The lowest BCUT2D eigenvalue weighted by atomic mass is 10.5. The topological polar surface area (TPSA) is 15.3 Å². The minimum Gasteiger partial charge on any atom is -0.295 e. The summed E-state index contributed by atoms with van der Waals surface area (Å²) in [5, 5.41) is 0. The van der Waals surface area contributed by atoms with Gasteiger partial charge >= 0.3 is 0 Å². The number of nitrogens with zero attached hydrogens (tertiary/aromatic N) is 1. The van der Waals surface area contributed by atoms with Crippen LogP contribution in [0.3, 0.4) is 0 Å². The van der Waals surface area contributed by atoms with Gasteiger partial charge in [0.1, 0.15) is 0 Å². The molecule has 0 amide bonds. The van der Waals surface area contributed by atoms with Gasteiger partial charge in [-0.2, -0.15) is 0 Å². The number of allylic oxidation sites excluding steroid dienone is 1. The van der Waals surface area contributed by atoms with Crippen LogP contribution in [0.4, 0.5) is 0 Å². The third-order valence-corrected chi connectivity index (χ3v) is 1.26. The molecule has 8 heavy (non-hydrogen) atoms. The van der Waals surface area contributed by atoms with E-state index in [2.05, 4.69) is 30.9 Å². The molecule has 0 fully saturated rings. The lowest BCUT2D eigenvalue weighted by molar-refractivity contribution is 0.539. The molecule has 1 aliphatic heterocycles. The van der Waals surface area contributed by atoms with Gasteiger partial charge in [-0.3, -0.25) is 5.43 Å². The van der Waals surface area contributed by atoms with Crippen molar-refractivity contribution in [3.8, 4) is 0 Å². The van der Waals surface area contributed by atoms with Gasteiger partial charge in [-0.05, 0) is 18.9 Å². The van der Waals surface area contributed by atoms with Gasteiger partial charge in [0.2, 0.25) is 0 Å². The second-order valence-electron chi connectivity index (χ2n) is 1.36. The van der Waals surface area contributed by atoms with E-state index in [1.54, 1.807) is 16.8 Å².